The summed E-state index contributed by atoms with van der Waals surface area (Å²) in [6, 6.07) is 7.64. The fourth-order valence-electron chi connectivity index (χ4n) is 3.26. The Bertz CT molecular complexity index is 1220. The Labute approximate surface area is 190 Å². The number of halogens is 1. The van der Waals surface area contributed by atoms with Crippen LogP contribution in [0.2, 0.25) is 0 Å². The average Bonchev–Trinajstić information content (AvgIpc) is 3.07. The molecule has 3 aromatic rings. The van der Waals surface area contributed by atoms with Gasteiger partial charge in [-0.15, -0.1) is 0 Å². The molecule has 0 saturated heterocycles. The molecule has 0 aliphatic rings. The third-order valence-electron chi connectivity index (χ3n) is 4.91. The summed E-state index contributed by atoms with van der Waals surface area (Å²) in [6.07, 6.45) is 0.426. The van der Waals surface area contributed by atoms with Crippen molar-refractivity contribution in [2.75, 3.05) is 0 Å². The number of aliphatic carboxylic acids is 1. The molecule has 0 saturated carbocycles. The maximum Gasteiger partial charge on any atom is 0.329 e. The SMILES string of the molecule is CCC(Sc1nc2c(c(=O)[nH]c(=O)n2C)n1CCC(O)Cc1cccc(Br)c1)C(=O)O. The fourth-order valence-corrected chi connectivity index (χ4v) is 4.68. The molecular weight excluding hydrogens is 488 g/mol. The highest BCUT2D eigenvalue weighted by Crippen LogP contribution is 2.28. The molecule has 0 radical (unpaired) electrons. The zero-order chi connectivity index (χ0) is 22.7. The highest BCUT2D eigenvalue weighted by atomic mass is 79.9. The molecule has 3 N–H and O–H groups in total. The molecule has 2 atom stereocenters. The van der Waals surface area contributed by atoms with E-state index in [9.17, 15) is 24.6 Å². The molecule has 9 nitrogen and oxygen atoms in total. The van der Waals surface area contributed by atoms with Gasteiger partial charge in [-0.3, -0.25) is 19.1 Å². The number of thioether (sulfide) groups is 1. The van der Waals surface area contributed by atoms with Crippen molar-refractivity contribution in [3.05, 3.63) is 55.1 Å². The number of H-pyrrole nitrogens is 1. The first-order chi connectivity index (χ1) is 14.7. The molecule has 0 fully saturated rings. The van der Waals surface area contributed by atoms with Crippen LogP contribution in [-0.4, -0.2) is 46.6 Å². The molecule has 0 aliphatic carbocycles. The standard InChI is InChI=1S/C20H23BrN4O5S/c1-3-14(18(28)29)31-20-22-16-15(17(27)23-19(30)24(16)2)25(20)8-7-13(26)10-11-5-4-6-12(21)9-11/h4-6,9,13-14,26H,3,7-8,10H2,1-2H3,(H,28,29)(H,23,27,30). The number of aromatic amines is 1. The second-order valence-corrected chi connectivity index (χ2v) is 9.25. The second kappa shape index (κ2) is 9.84. The number of carbonyl (C=O) groups is 1. The van der Waals surface area contributed by atoms with E-state index in [-0.39, 0.29) is 17.7 Å². The van der Waals surface area contributed by atoms with Crippen LogP contribution in [0.1, 0.15) is 25.3 Å². The number of carboxylic acid groups (broad SMARTS) is 1. The maximum atomic E-state index is 12.5. The molecule has 0 aliphatic heterocycles. The van der Waals surface area contributed by atoms with Crippen molar-refractivity contribution in [2.45, 2.75) is 49.2 Å². The number of aliphatic hydroxyl groups is 1. The van der Waals surface area contributed by atoms with Crippen molar-refractivity contribution in [3.8, 4) is 0 Å². The Morgan fingerprint density at radius 3 is 2.74 bits per heavy atom. The van der Waals surface area contributed by atoms with Crippen molar-refractivity contribution >= 4 is 44.8 Å². The van der Waals surface area contributed by atoms with E-state index in [1.165, 1.54) is 11.6 Å². The molecule has 166 valence electrons. The Morgan fingerprint density at radius 1 is 1.35 bits per heavy atom. The number of hydrogen-bond donors (Lipinski definition) is 3. The number of fused-ring (bicyclic) bond motifs is 1. The molecule has 0 spiro atoms. The van der Waals surface area contributed by atoms with E-state index >= 15 is 0 Å². The van der Waals surface area contributed by atoms with Gasteiger partial charge < -0.3 is 14.8 Å². The summed E-state index contributed by atoms with van der Waals surface area (Å²) in [5.74, 6) is -0.983. The van der Waals surface area contributed by atoms with Gasteiger partial charge in [-0.25, -0.2) is 9.78 Å². The van der Waals surface area contributed by atoms with Gasteiger partial charge in [0.15, 0.2) is 16.3 Å². The number of hydrogen-bond acceptors (Lipinski definition) is 6. The van der Waals surface area contributed by atoms with Gasteiger partial charge in [0.05, 0.1) is 6.10 Å². The van der Waals surface area contributed by atoms with Crippen LogP contribution in [0.4, 0.5) is 0 Å². The van der Waals surface area contributed by atoms with E-state index in [0.29, 0.717) is 24.4 Å². The van der Waals surface area contributed by atoms with E-state index < -0.39 is 28.6 Å². The van der Waals surface area contributed by atoms with Gasteiger partial charge >= 0.3 is 11.7 Å². The third kappa shape index (κ3) is 5.28. The lowest BCUT2D eigenvalue weighted by Crippen LogP contribution is -2.29. The summed E-state index contributed by atoms with van der Waals surface area (Å²) in [6.45, 7) is 1.99. The van der Waals surface area contributed by atoms with Crippen LogP contribution >= 0.6 is 27.7 Å². The largest absolute Gasteiger partial charge is 0.480 e. The molecule has 11 heteroatoms. The quantitative estimate of drug-likeness (QED) is 0.375. The van der Waals surface area contributed by atoms with Gasteiger partial charge in [-0.1, -0.05) is 46.7 Å². The van der Waals surface area contributed by atoms with Crippen LogP contribution in [0.15, 0.2) is 43.5 Å². The van der Waals surface area contributed by atoms with Crippen LogP contribution in [0.5, 0.6) is 0 Å². The lowest BCUT2D eigenvalue weighted by Gasteiger charge is -2.15. The van der Waals surface area contributed by atoms with E-state index in [1.54, 1.807) is 11.5 Å². The average molecular weight is 511 g/mol. The zero-order valence-electron chi connectivity index (χ0n) is 17.0. The summed E-state index contributed by atoms with van der Waals surface area (Å²) >= 11 is 4.44. The summed E-state index contributed by atoms with van der Waals surface area (Å²) in [7, 11) is 1.49. The number of imidazole rings is 1. The number of aliphatic hydroxyl groups excluding tert-OH is 1. The lowest BCUT2D eigenvalue weighted by atomic mass is 10.1. The number of rotatable bonds is 9. The van der Waals surface area contributed by atoms with Crippen molar-refractivity contribution in [3.63, 3.8) is 0 Å². The van der Waals surface area contributed by atoms with Crippen molar-refractivity contribution in [1.29, 1.82) is 0 Å². The molecule has 0 bridgehead atoms. The minimum absolute atomic E-state index is 0.179. The summed E-state index contributed by atoms with van der Waals surface area (Å²) in [5.41, 5.74) is 0.127. The van der Waals surface area contributed by atoms with E-state index in [4.69, 9.17) is 0 Å². The van der Waals surface area contributed by atoms with Crippen molar-refractivity contribution < 1.29 is 15.0 Å². The van der Waals surface area contributed by atoms with Crippen LogP contribution in [-0.2, 0) is 24.8 Å². The van der Waals surface area contributed by atoms with Gasteiger partial charge in [-0.05, 0) is 37.0 Å². The Morgan fingerprint density at radius 2 is 2.10 bits per heavy atom. The topological polar surface area (TPSA) is 130 Å². The van der Waals surface area contributed by atoms with Crippen LogP contribution in [0.3, 0.4) is 0 Å². The summed E-state index contributed by atoms with van der Waals surface area (Å²) in [4.78, 5) is 42.7. The lowest BCUT2D eigenvalue weighted by molar-refractivity contribution is -0.136. The predicted octanol–water partition coefficient (Wildman–Crippen LogP) is 2.13. The monoisotopic (exact) mass is 510 g/mol. The highest BCUT2D eigenvalue weighted by molar-refractivity contribution is 9.10. The first kappa shape index (κ1) is 23.3. The number of aryl methyl sites for hydroxylation is 2. The minimum atomic E-state index is -0.983. The minimum Gasteiger partial charge on any atom is -0.480 e. The van der Waals surface area contributed by atoms with Crippen molar-refractivity contribution in [1.82, 2.24) is 19.1 Å². The van der Waals surface area contributed by atoms with Crippen LogP contribution in [0, 0.1) is 0 Å². The number of aromatic nitrogens is 4. The van der Waals surface area contributed by atoms with Gasteiger partial charge in [0.25, 0.3) is 5.56 Å². The van der Waals surface area contributed by atoms with E-state index in [1.807, 2.05) is 24.3 Å². The van der Waals surface area contributed by atoms with Gasteiger partial charge in [0, 0.05) is 18.1 Å². The van der Waals surface area contributed by atoms with Crippen LogP contribution < -0.4 is 11.2 Å². The second-order valence-electron chi connectivity index (χ2n) is 7.17. The van der Waals surface area contributed by atoms with Gasteiger partial charge in [0.2, 0.25) is 0 Å². The normalized spacial score (nSPS) is 13.4. The van der Waals surface area contributed by atoms with E-state index in [2.05, 4.69) is 25.9 Å². The molecule has 0 amide bonds. The summed E-state index contributed by atoms with van der Waals surface area (Å²) < 4.78 is 3.73. The Kier molecular flexibility index (Phi) is 7.39. The van der Waals surface area contributed by atoms with Crippen LogP contribution in [0.25, 0.3) is 11.2 Å². The van der Waals surface area contributed by atoms with Crippen molar-refractivity contribution in [2.24, 2.45) is 7.05 Å². The molecule has 3 rings (SSSR count). The number of carboxylic acids is 1. The van der Waals surface area contributed by atoms with Gasteiger partial charge in [-0.2, -0.15) is 0 Å². The first-order valence-corrected chi connectivity index (χ1v) is 11.4. The molecule has 1 aromatic carbocycles. The third-order valence-corrected chi connectivity index (χ3v) is 6.75. The van der Waals surface area contributed by atoms with Gasteiger partial charge in [0.1, 0.15) is 5.25 Å². The fraction of sp³-hybridized carbons (Fsp3) is 0.400. The number of nitrogens with zero attached hydrogens (tertiary/aromatic N) is 3. The predicted molar refractivity (Wildman–Crippen MR) is 122 cm³/mol. The van der Waals surface area contributed by atoms with E-state index in [0.717, 1.165) is 21.8 Å². The highest BCUT2D eigenvalue weighted by Gasteiger charge is 2.24. The summed E-state index contributed by atoms with van der Waals surface area (Å²) in [5, 5.41) is 19.6. The number of benzene rings is 1. The molecule has 2 unspecified atom stereocenters. The first-order valence-electron chi connectivity index (χ1n) is 9.72. The zero-order valence-corrected chi connectivity index (χ0v) is 19.4. The smallest absolute Gasteiger partial charge is 0.329 e. The molecule has 2 aromatic heterocycles. The Hall–Kier alpha value is -2.37. The molecule has 2 heterocycles. The molecular formula is C20H23BrN4O5S. The Balaban J connectivity index is 1.93. The molecule has 31 heavy (non-hydrogen) atoms. The maximum absolute atomic E-state index is 12.5. The number of nitrogens with one attached hydrogen (secondary N) is 1.